The highest BCUT2D eigenvalue weighted by Gasteiger charge is 2.29. The molecule has 1 atom stereocenters. The molecule has 0 radical (unpaired) electrons. The van der Waals surface area contributed by atoms with Crippen LogP contribution in [0.3, 0.4) is 0 Å². The van der Waals surface area contributed by atoms with E-state index in [2.05, 4.69) is 0 Å². The lowest BCUT2D eigenvalue weighted by Gasteiger charge is -2.36. The van der Waals surface area contributed by atoms with Crippen molar-refractivity contribution in [3.8, 4) is 0 Å². The van der Waals surface area contributed by atoms with Crippen molar-refractivity contribution in [2.45, 2.75) is 6.92 Å². The van der Waals surface area contributed by atoms with Crippen molar-refractivity contribution < 1.29 is 18.4 Å². The van der Waals surface area contributed by atoms with Gasteiger partial charge in [0.05, 0.1) is 0 Å². The third-order valence-electron chi connectivity index (χ3n) is 3.83. The molecule has 2 N–H and O–H groups in total. The summed E-state index contributed by atoms with van der Waals surface area (Å²) in [5.74, 6) is -2.77. The molecule has 5 nitrogen and oxygen atoms in total. The summed E-state index contributed by atoms with van der Waals surface area (Å²) in [7, 11) is 0. The summed E-state index contributed by atoms with van der Waals surface area (Å²) in [5.41, 5.74) is 4.93. The summed E-state index contributed by atoms with van der Waals surface area (Å²) in [4.78, 5) is 27.2. The molecule has 2 amide bonds. The topological polar surface area (TPSA) is 66.6 Å². The van der Waals surface area contributed by atoms with Gasteiger partial charge in [0.2, 0.25) is 5.91 Å². The molecule has 0 bridgehead atoms. The van der Waals surface area contributed by atoms with Crippen LogP contribution < -0.4 is 5.73 Å². The van der Waals surface area contributed by atoms with Crippen molar-refractivity contribution in [3.63, 3.8) is 0 Å². The summed E-state index contributed by atoms with van der Waals surface area (Å²) < 4.78 is 27.3. The summed E-state index contributed by atoms with van der Waals surface area (Å²) in [6.07, 6.45) is 0. The van der Waals surface area contributed by atoms with Crippen molar-refractivity contribution >= 4 is 11.8 Å². The third-order valence-corrected chi connectivity index (χ3v) is 3.83. The summed E-state index contributed by atoms with van der Waals surface area (Å²) in [6.45, 7) is 3.17. The Bertz CT molecular complexity index is 552. The largest absolute Gasteiger partial charge is 0.339 e. The van der Waals surface area contributed by atoms with Crippen LogP contribution in [0.4, 0.5) is 8.78 Å². The van der Waals surface area contributed by atoms with Crippen LogP contribution >= 0.6 is 0 Å². The zero-order chi connectivity index (χ0) is 16.3. The molecular formula is C15H19F2N3O2. The van der Waals surface area contributed by atoms with E-state index in [-0.39, 0.29) is 31.5 Å². The van der Waals surface area contributed by atoms with E-state index in [1.54, 1.807) is 11.8 Å². The van der Waals surface area contributed by atoms with Crippen LogP contribution in [0.1, 0.15) is 17.3 Å². The zero-order valence-electron chi connectivity index (χ0n) is 12.4. The van der Waals surface area contributed by atoms with Crippen molar-refractivity contribution in [1.82, 2.24) is 9.80 Å². The number of rotatable bonds is 3. The number of nitrogens with two attached hydrogens (primary N) is 1. The molecule has 7 heteroatoms. The molecule has 22 heavy (non-hydrogen) atoms. The Labute approximate surface area is 127 Å². The number of hydrogen-bond acceptors (Lipinski definition) is 3. The molecule has 1 aromatic rings. The Kier molecular flexibility index (Phi) is 5.07. The Balaban J connectivity index is 2.03. The van der Waals surface area contributed by atoms with Gasteiger partial charge in [-0.15, -0.1) is 0 Å². The monoisotopic (exact) mass is 311 g/mol. The van der Waals surface area contributed by atoms with Gasteiger partial charge >= 0.3 is 0 Å². The molecule has 120 valence electrons. The molecule has 0 aromatic heterocycles. The fourth-order valence-corrected chi connectivity index (χ4v) is 2.40. The molecule has 0 saturated carbocycles. The maximum Gasteiger partial charge on any atom is 0.259 e. The van der Waals surface area contributed by atoms with Gasteiger partial charge in [0, 0.05) is 38.6 Å². The molecule has 1 unspecified atom stereocenters. The SMILES string of the molecule is CC(CN)C(=O)N1CCN(C(=O)c2c(F)cccc2F)CC1. The van der Waals surface area contributed by atoms with Crippen molar-refractivity contribution in [2.75, 3.05) is 32.7 Å². The number of hydrogen-bond donors (Lipinski definition) is 1. The number of amides is 2. The van der Waals surface area contributed by atoms with Gasteiger partial charge in [-0.1, -0.05) is 13.0 Å². The summed E-state index contributed by atoms with van der Waals surface area (Å²) in [5, 5.41) is 0. The Morgan fingerprint density at radius 2 is 1.64 bits per heavy atom. The molecule has 0 aliphatic carbocycles. The molecule has 0 spiro atoms. The fourth-order valence-electron chi connectivity index (χ4n) is 2.40. The highest BCUT2D eigenvalue weighted by atomic mass is 19.1. The minimum Gasteiger partial charge on any atom is -0.339 e. The summed E-state index contributed by atoms with van der Waals surface area (Å²) >= 11 is 0. The lowest BCUT2D eigenvalue weighted by Crippen LogP contribution is -2.52. The van der Waals surface area contributed by atoms with Gasteiger partial charge in [0.25, 0.3) is 5.91 Å². The second-order valence-electron chi connectivity index (χ2n) is 5.35. The molecule has 1 aromatic carbocycles. The van der Waals surface area contributed by atoms with Gasteiger partial charge in [-0.25, -0.2) is 8.78 Å². The van der Waals surface area contributed by atoms with Crippen molar-refractivity contribution in [3.05, 3.63) is 35.4 Å². The average molecular weight is 311 g/mol. The smallest absolute Gasteiger partial charge is 0.259 e. The molecule has 1 aliphatic heterocycles. The first kappa shape index (κ1) is 16.4. The quantitative estimate of drug-likeness (QED) is 0.900. The van der Waals surface area contributed by atoms with E-state index in [1.165, 1.54) is 11.0 Å². The van der Waals surface area contributed by atoms with Crippen LogP contribution in [-0.2, 0) is 4.79 Å². The number of piperazine rings is 1. The highest BCUT2D eigenvalue weighted by molar-refractivity contribution is 5.95. The molecule has 2 rings (SSSR count). The summed E-state index contributed by atoms with van der Waals surface area (Å²) in [6, 6.07) is 3.32. The first-order chi connectivity index (χ1) is 10.5. The minimum absolute atomic E-state index is 0.0633. The Hall–Kier alpha value is -2.02. The lowest BCUT2D eigenvalue weighted by molar-refractivity contribution is -0.136. The van der Waals surface area contributed by atoms with E-state index in [9.17, 15) is 18.4 Å². The second kappa shape index (κ2) is 6.83. The highest BCUT2D eigenvalue weighted by Crippen LogP contribution is 2.16. The zero-order valence-corrected chi connectivity index (χ0v) is 12.4. The van der Waals surface area contributed by atoms with Crippen LogP contribution in [0, 0.1) is 17.6 Å². The number of halogens is 2. The van der Waals surface area contributed by atoms with Crippen LogP contribution in [0.25, 0.3) is 0 Å². The lowest BCUT2D eigenvalue weighted by atomic mass is 10.1. The van der Waals surface area contributed by atoms with Gasteiger partial charge < -0.3 is 15.5 Å². The first-order valence-corrected chi connectivity index (χ1v) is 7.17. The van der Waals surface area contributed by atoms with Gasteiger partial charge in [0.1, 0.15) is 17.2 Å². The molecule has 1 fully saturated rings. The van der Waals surface area contributed by atoms with Crippen LogP contribution in [0.5, 0.6) is 0 Å². The molecule has 1 heterocycles. The Morgan fingerprint density at radius 3 is 2.14 bits per heavy atom. The average Bonchev–Trinajstić information content (AvgIpc) is 2.53. The number of carbonyl (C=O) groups is 2. The Morgan fingerprint density at radius 1 is 1.14 bits per heavy atom. The van der Waals surface area contributed by atoms with Gasteiger partial charge in [-0.3, -0.25) is 9.59 Å². The second-order valence-corrected chi connectivity index (χ2v) is 5.35. The van der Waals surface area contributed by atoms with E-state index < -0.39 is 23.1 Å². The van der Waals surface area contributed by atoms with Crippen LogP contribution in [-0.4, -0.2) is 54.3 Å². The maximum atomic E-state index is 13.6. The van der Waals surface area contributed by atoms with Crippen molar-refractivity contribution in [1.29, 1.82) is 0 Å². The first-order valence-electron chi connectivity index (χ1n) is 7.17. The van der Waals surface area contributed by atoms with Gasteiger partial charge in [-0.05, 0) is 12.1 Å². The van der Waals surface area contributed by atoms with E-state index >= 15 is 0 Å². The third kappa shape index (κ3) is 3.24. The van der Waals surface area contributed by atoms with E-state index in [1.807, 2.05) is 0 Å². The predicted octanol–water partition coefficient (Wildman–Crippen LogP) is 0.844. The maximum absolute atomic E-state index is 13.6. The van der Waals surface area contributed by atoms with E-state index in [0.717, 1.165) is 12.1 Å². The molecule has 1 saturated heterocycles. The van der Waals surface area contributed by atoms with E-state index in [0.29, 0.717) is 13.1 Å². The van der Waals surface area contributed by atoms with Gasteiger partial charge in [-0.2, -0.15) is 0 Å². The minimum atomic E-state index is -0.875. The number of carbonyl (C=O) groups excluding carboxylic acids is 2. The number of nitrogens with zero attached hydrogens (tertiary/aromatic N) is 2. The standard InChI is InChI=1S/C15H19F2N3O2/c1-10(9-18)14(21)19-5-7-20(8-6-19)15(22)13-11(16)3-2-4-12(13)17/h2-4,10H,5-9,18H2,1H3. The molecule has 1 aliphatic rings. The van der Waals surface area contributed by atoms with E-state index in [4.69, 9.17) is 5.73 Å². The van der Waals surface area contributed by atoms with Crippen LogP contribution in [0.2, 0.25) is 0 Å². The number of benzene rings is 1. The van der Waals surface area contributed by atoms with Crippen LogP contribution in [0.15, 0.2) is 18.2 Å². The van der Waals surface area contributed by atoms with Gasteiger partial charge in [0.15, 0.2) is 0 Å². The predicted molar refractivity (Wildman–Crippen MR) is 77.1 cm³/mol. The normalized spacial score (nSPS) is 16.5. The van der Waals surface area contributed by atoms with Crippen molar-refractivity contribution in [2.24, 2.45) is 11.7 Å². The fraction of sp³-hybridized carbons (Fsp3) is 0.467. The molecular weight excluding hydrogens is 292 g/mol.